The number of nitrogen functional groups attached to an aromatic ring is 1. The number of aromatic nitrogens is 1. The molecule has 1 fully saturated rings. The van der Waals surface area contributed by atoms with E-state index in [1.807, 2.05) is 16.7 Å². The fourth-order valence-corrected chi connectivity index (χ4v) is 3.03. The second-order valence-electron chi connectivity index (χ2n) is 5.00. The monoisotopic (exact) mass is 253 g/mol. The van der Waals surface area contributed by atoms with Gasteiger partial charge in [-0.05, 0) is 12.5 Å². The Kier molecular flexibility index (Phi) is 3.38. The minimum absolute atomic E-state index is 0.0556. The molecule has 1 amide bonds. The lowest BCUT2D eigenvalue weighted by Crippen LogP contribution is -2.33. The van der Waals surface area contributed by atoms with Gasteiger partial charge in [-0.25, -0.2) is 0 Å². The molecule has 5 heteroatoms. The first kappa shape index (κ1) is 12.4. The third-order valence-corrected chi connectivity index (χ3v) is 4.43. The summed E-state index contributed by atoms with van der Waals surface area (Å²) >= 11 is 1.93. The molecule has 94 valence electrons. The van der Waals surface area contributed by atoms with Gasteiger partial charge in [0.2, 0.25) is 0 Å². The zero-order chi connectivity index (χ0) is 12.5. The van der Waals surface area contributed by atoms with Crippen LogP contribution in [0.25, 0.3) is 0 Å². The molecule has 2 heterocycles. The average molecular weight is 253 g/mol. The van der Waals surface area contributed by atoms with Crippen LogP contribution in [0.15, 0.2) is 12.3 Å². The van der Waals surface area contributed by atoms with E-state index >= 15 is 0 Å². The zero-order valence-corrected chi connectivity index (χ0v) is 11.1. The minimum Gasteiger partial charge on any atom is -0.397 e. The molecule has 2 rings (SSSR count). The summed E-state index contributed by atoms with van der Waals surface area (Å²) in [6.45, 7) is 6.10. The highest BCUT2D eigenvalue weighted by atomic mass is 32.2. The summed E-state index contributed by atoms with van der Waals surface area (Å²) in [5.41, 5.74) is 6.81. The Morgan fingerprint density at radius 1 is 1.53 bits per heavy atom. The molecule has 0 spiro atoms. The SMILES string of the molecule is CC1(C)CCN(C(=O)c2cc(N)c[nH]2)CCS1. The van der Waals surface area contributed by atoms with Crippen LogP contribution in [0.5, 0.6) is 0 Å². The van der Waals surface area contributed by atoms with Crippen molar-refractivity contribution in [2.24, 2.45) is 0 Å². The van der Waals surface area contributed by atoms with Gasteiger partial charge in [0.15, 0.2) is 0 Å². The molecule has 0 unspecified atom stereocenters. The number of carbonyl (C=O) groups excluding carboxylic acids is 1. The minimum atomic E-state index is 0.0556. The Labute approximate surface area is 106 Å². The molecular formula is C12H19N3OS. The lowest BCUT2D eigenvalue weighted by atomic mass is 10.1. The largest absolute Gasteiger partial charge is 0.397 e. The molecule has 1 aliphatic heterocycles. The van der Waals surface area contributed by atoms with Crippen LogP contribution in [0, 0.1) is 0 Å². The van der Waals surface area contributed by atoms with E-state index < -0.39 is 0 Å². The Morgan fingerprint density at radius 3 is 2.94 bits per heavy atom. The third-order valence-electron chi connectivity index (χ3n) is 3.06. The number of nitrogens with two attached hydrogens (primary N) is 1. The van der Waals surface area contributed by atoms with Crippen LogP contribution in [-0.2, 0) is 0 Å². The van der Waals surface area contributed by atoms with Gasteiger partial charge in [0.25, 0.3) is 5.91 Å². The van der Waals surface area contributed by atoms with Crippen LogP contribution in [0.4, 0.5) is 5.69 Å². The molecule has 17 heavy (non-hydrogen) atoms. The predicted octanol–water partition coefficient (Wildman–Crippen LogP) is 1.95. The number of hydrogen-bond acceptors (Lipinski definition) is 3. The Hall–Kier alpha value is -1.10. The number of carbonyl (C=O) groups is 1. The molecule has 0 atom stereocenters. The first-order valence-electron chi connectivity index (χ1n) is 5.85. The molecule has 4 nitrogen and oxygen atoms in total. The van der Waals surface area contributed by atoms with Crippen molar-refractivity contribution in [1.82, 2.24) is 9.88 Å². The van der Waals surface area contributed by atoms with E-state index in [0.29, 0.717) is 11.4 Å². The van der Waals surface area contributed by atoms with Gasteiger partial charge in [-0.1, -0.05) is 13.8 Å². The van der Waals surface area contributed by atoms with Crippen molar-refractivity contribution in [2.45, 2.75) is 25.0 Å². The van der Waals surface area contributed by atoms with Gasteiger partial charge in [-0.15, -0.1) is 0 Å². The van der Waals surface area contributed by atoms with E-state index in [9.17, 15) is 4.79 Å². The number of anilines is 1. The maximum atomic E-state index is 12.2. The number of aromatic amines is 1. The maximum absolute atomic E-state index is 12.2. The van der Waals surface area contributed by atoms with Gasteiger partial charge in [0.05, 0.1) is 0 Å². The van der Waals surface area contributed by atoms with Crippen LogP contribution < -0.4 is 5.73 Å². The summed E-state index contributed by atoms with van der Waals surface area (Å²) in [5.74, 6) is 1.05. The van der Waals surface area contributed by atoms with Crippen molar-refractivity contribution in [1.29, 1.82) is 0 Å². The summed E-state index contributed by atoms with van der Waals surface area (Å²) < 4.78 is 0.268. The van der Waals surface area contributed by atoms with Crippen molar-refractivity contribution in [2.75, 3.05) is 24.6 Å². The van der Waals surface area contributed by atoms with E-state index in [2.05, 4.69) is 18.8 Å². The maximum Gasteiger partial charge on any atom is 0.270 e. The van der Waals surface area contributed by atoms with Gasteiger partial charge < -0.3 is 15.6 Å². The molecule has 0 saturated carbocycles. The van der Waals surface area contributed by atoms with Crippen LogP contribution in [-0.4, -0.2) is 39.4 Å². The highest BCUT2D eigenvalue weighted by molar-refractivity contribution is 8.00. The summed E-state index contributed by atoms with van der Waals surface area (Å²) in [5, 5.41) is 0. The van der Waals surface area contributed by atoms with Crippen LogP contribution in [0.3, 0.4) is 0 Å². The van der Waals surface area contributed by atoms with E-state index in [4.69, 9.17) is 5.73 Å². The van der Waals surface area contributed by atoms with Crippen molar-refractivity contribution in [3.63, 3.8) is 0 Å². The first-order chi connectivity index (χ1) is 7.98. The second kappa shape index (κ2) is 4.64. The Bertz CT molecular complexity index is 414. The number of nitrogens with one attached hydrogen (secondary N) is 1. The molecular weight excluding hydrogens is 234 g/mol. The number of rotatable bonds is 1. The quantitative estimate of drug-likeness (QED) is 0.804. The van der Waals surface area contributed by atoms with Gasteiger partial charge >= 0.3 is 0 Å². The van der Waals surface area contributed by atoms with Gasteiger partial charge in [0.1, 0.15) is 5.69 Å². The van der Waals surface area contributed by atoms with Crippen LogP contribution in [0.2, 0.25) is 0 Å². The second-order valence-corrected chi connectivity index (χ2v) is 6.80. The Balaban J connectivity index is 2.05. The molecule has 1 aliphatic rings. The fourth-order valence-electron chi connectivity index (χ4n) is 1.93. The van der Waals surface area contributed by atoms with E-state index in [0.717, 1.165) is 25.3 Å². The number of H-pyrrole nitrogens is 1. The van der Waals surface area contributed by atoms with Gasteiger partial charge in [0, 0.05) is 35.5 Å². The fraction of sp³-hybridized carbons (Fsp3) is 0.583. The topological polar surface area (TPSA) is 62.1 Å². The van der Waals surface area contributed by atoms with Crippen molar-refractivity contribution < 1.29 is 4.79 Å². The lowest BCUT2D eigenvalue weighted by molar-refractivity contribution is 0.0759. The smallest absolute Gasteiger partial charge is 0.270 e. The summed E-state index contributed by atoms with van der Waals surface area (Å²) in [6, 6.07) is 1.70. The molecule has 1 saturated heterocycles. The van der Waals surface area contributed by atoms with E-state index in [1.165, 1.54) is 0 Å². The first-order valence-corrected chi connectivity index (χ1v) is 6.84. The zero-order valence-electron chi connectivity index (χ0n) is 10.3. The molecule has 0 aromatic carbocycles. The lowest BCUT2D eigenvalue weighted by Gasteiger charge is -2.22. The highest BCUT2D eigenvalue weighted by Crippen LogP contribution is 2.31. The van der Waals surface area contributed by atoms with E-state index in [1.54, 1.807) is 12.3 Å². The van der Waals surface area contributed by atoms with Crippen molar-refractivity contribution >= 4 is 23.4 Å². The summed E-state index contributed by atoms with van der Waals surface area (Å²) in [6.07, 6.45) is 2.68. The number of thioether (sulfide) groups is 1. The standard InChI is InChI=1S/C12H19N3OS/c1-12(2)3-4-15(5-6-17-12)11(16)10-7-9(13)8-14-10/h7-8,14H,3-6,13H2,1-2H3. The van der Waals surface area contributed by atoms with Crippen molar-refractivity contribution in [3.8, 4) is 0 Å². The predicted molar refractivity (Wildman–Crippen MR) is 72.3 cm³/mol. The van der Waals surface area contributed by atoms with E-state index in [-0.39, 0.29) is 10.7 Å². The average Bonchev–Trinajstić information content (AvgIpc) is 2.60. The molecule has 3 N–H and O–H groups in total. The van der Waals surface area contributed by atoms with Gasteiger partial charge in [-0.2, -0.15) is 11.8 Å². The number of nitrogens with zero attached hydrogens (tertiary/aromatic N) is 1. The Morgan fingerprint density at radius 2 is 2.29 bits per heavy atom. The van der Waals surface area contributed by atoms with Crippen LogP contribution in [0.1, 0.15) is 30.8 Å². The van der Waals surface area contributed by atoms with Crippen LogP contribution >= 0.6 is 11.8 Å². The molecule has 0 aliphatic carbocycles. The molecule has 0 radical (unpaired) electrons. The highest BCUT2D eigenvalue weighted by Gasteiger charge is 2.26. The molecule has 0 bridgehead atoms. The number of hydrogen-bond donors (Lipinski definition) is 2. The van der Waals surface area contributed by atoms with Crippen molar-refractivity contribution in [3.05, 3.63) is 18.0 Å². The van der Waals surface area contributed by atoms with Gasteiger partial charge in [-0.3, -0.25) is 4.79 Å². The molecule has 1 aromatic heterocycles. The summed E-state index contributed by atoms with van der Waals surface area (Å²) in [4.78, 5) is 17.0. The number of amides is 1. The molecule has 1 aromatic rings. The third kappa shape index (κ3) is 2.97. The normalized spacial score (nSPS) is 20.0. The summed E-state index contributed by atoms with van der Waals surface area (Å²) in [7, 11) is 0.